The molecule has 29 heteroatoms. The summed E-state index contributed by atoms with van der Waals surface area (Å²) in [7, 11) is -23.2. The van der Waals surface area contributed by atoms with Gasteiger partial charge in [-0.2, -0.15) is 46.7 Å². The summed E-state index contributed by atoms with van der Waals surface area (Å²) in [6.45, 7) is 5.44. The minimum Gasteiger partial charge on any atom is -0.492 e. The summed E-state index contributed by atoms with van der Waals surface area (Å²) in [5, 5.41) is 19.5. The molecule has 1 aromatic heterocycles. The number of benzene rings is 4. The van der Waals surface area contributed by atoms with Crippen LogP contribution in [0.15, 0.2) is 128 Å². The number of aromatic nitrogens is 1. The molecule has 420 valence electrons. The fourth-order valence-electron chi connectivity index (χ4n) is 9.93. The molecule has 7 rings (SSSR count). The molecular formula is C49H54N3O21S5+. The lowest BCUT2D eigenvalue weighted by atomic mass is 9.75. The van der Waals surface area contributed by atoms with Crippen molar-refractivity contribution in [3.8, 4) is 11.8 Å². The number of methoxy groups -OCH3 is 1. The molecule has 7 N–H and O–H groups in total. The van der Waals surface area contributed by atoms with Crippen LogP contribution in [-0.2, 0) is 75.7 Å². The number of hydrogen-bond donors (Lipinski definition) is 7. The Balaban J connectivity index is 1.26. The van der Waals surface area contributed by atoms with Crippen LogP contribution in [0, 0.1) is 0 Å². The van der Waals surface area contributed by atoms with Gasteiger partial charge in [0.05, 0.1) is 40.6 Å². The van der Waals surface area contributed by atoms with Gasteiger partial charge in [-0.05, 0) is 92.4 Å². The van der Waals surface area contributed by atoms with E-state index in [0.717, 1.165) is 24.3 Å². The zero-order chi connectivity index (χ0) is 57.6. The van der Waals surface area contributed by atoms with Crippen LogP contribution in [-0.4, -0.2) is 142 Å². The predicted molar refractivity (Wildman–Crippen MR) is 282 cm³/mol. The van der Waals surface area contributed by atoms with E-state index in [9.17, 15) is 79.9 Å². The van der Waals surface area contributed by atoms with Gasteiger partial charge in [0.1, 0.15) is 16.4 Å². The highest BCUT2D eigenvalue weighted by Crippen LogP contribution is 2.54. The van der Waals surface area contributed by atoms with Gasteiger partial charge in [-0.15, -0.1) is 4.73 Å². The molecule has 0 bridgehead atoms. The van der Waals surface area contributed by atoms with Gasteiger partial charge in [-0.3, -0.25) is 22.8 Å². The maximum absolute atomic E-state index is 12.7. The van der Waals surface area contributed by atoms with E-state index in [1.165, 1.54) is 19.2 Å². The minimum absolute atomic E-state index is 0.00223. The van der Waals surface area contributed by atoms with E-state index in [1.54, 1.807) is 84.9 Å². The van der Waals surface area contributed by atoms with E-state index in [1.807, 2.05) is 0 Å². The molecule has 0 amide bonds. The van der Waals surface area contributed by atoms with E-state index in [2.05, 4.69) is 0 Å². The first-order valence-corrected chi connectivity index (χ1v) is 30.7. The fraction of sp³-hybridized carbons (Fsp3) is 0.306. The van der Waals surface area contributed by atoms with Crippen molar-refractivity contribution in [1.29, 1.82) is 0 Å². The highest BCUT2D eigenvalue weighted by atomic mass is 32.2. The zero-order valence-electron chi connectivity index (χ0n) is 41.9. The van der Waals surface area contributed by atoms with Crippen LogP contribution >= 0.6 is 0 Å². The number of carbonyl (C=O) groups excluding carboxylic acids is 1. The lowest BCUT2D eigenvalue weighted by Gasteiger charge is -2.30. The molecule has 4 aromatic carbocycles. The molecule has 0 aliphatic carbocycles. The van der Waals surface area contributed by atoms with E-state index in [-0.39, 0.29) is 73.7 Å². The molecule has 0 fully saturated rings. The molecule has 78 heavy (non-hydrogen) atoms. The van der Waals surface area contributed by atoms with Crippen molar-refractivity contribution in [2.45, 2.75) is 70.4 Å². The minimum atomic E-state index is -5.09. The molecule has 0 spiro atoms. The normalized spacial score (nSPS) is 17.7. The molecule has 0 saturated heterocycles. The third-order valence-corrected chi connectivity index (χ3v) is 17.5. The second-order valence-electron chi connectivity index (χ2n) is 18.7. The fourth-order valence-corrected chi connectivity index (χ4v) is 13.1. The number of aromatic hydroxyl groups is 2. The summed E-state index contributed by atoms with van der Waals surface area (Å²) in [4.78, 5) is 16.0. The quantitative estimate of drug-likeness (QED) is 0.0201. The average Bonchev–Trinajstić information content (AvgIpc) is 4.02. The van der Waals surface area contributed by atoms with Gasteiger partial charge in [0.25, 0.3) is 50.6 Å². The maximum Gasteiger partial charge on any atom is 0.335 e. The third-order valence-electron chi connectivity index (χ3n) is 13.2. The van der Waals surface area contributed by atoms with Gasteiger partial charge in [0.2, 0.25) is 17.4 Å². The summed E-state index contributed by atoms with van der Waals surface area (Å²) in [6, 6.07) is 11.5. The molecule has 2 aliphatic heterocycles. The van der Waals surface area contributed by atoms with Crippen LogP contribution in [0.4, 0.5) is 11.4 Å². The molecule has 0 radical (unpaired) electrons. The number of rotatable bonds is 22. The van der Waals surface area contributed by atoms with Crippen molar-refractivity contribution in [2.75, 3.05) is 50.7 Å². The summed E-state index contributed by atoms with van der Waals surface area (Å²) < 4.78 is 188. The number of allylic oxidation sites excluding steroid dienone is 8. The second-order valence-corrected chi connectivity index (χ2v) is 25.9. The second kappa shape index (κ2) is 22.1. The van der Waals surface area contributed by atoms with Crippen molar-refractivity contribution in [2.24, 2.45) is 0 Å². The van der Waals surface area contributed by atoms with Crippen LogP contribution < -0.4 is 9.74 Å². The van der Waals surface area contributed by atoms with E-state index < -0.39 is 104 Å². The Hall–Kier alpha value is -6.35. The van der Waals surface area contributed by atoms with Gasteiger partial charge in [0.15, 0.2) is 12.3 Å². The van der Waals surface area contributed by atoms with Crippen molar-refractivity contribution < 1.29 is 98.7 Å². The molecule has 1 unspecified atom stereocenters. The Morgan fingerprint density at radius 1 is 0.654 bits per heavy atom. The van der Waals surface area contributed by atoms with Crippen LogP contribution in [0.1, 0.15) is 51.2 Å². The van der Waals surface area contributed by atoms with Gasteiger partial charge in [0, 0.05) is 71.1 Å². The van der Waals surface area contributed by atoms with Gasteiger partial charge >= 0.3 is 5.97 Å². The molecule has 2 aliphatic rings. The Morgan fingerprint density at radius 3 is 1.76 bits per heavy atom. The average molecular weight is 1180 g/mol. The monoisotopic (exact) mass is 1180 g/mol. The lowest BCUT2D eigenvalue weighted by Crippen LogP contribution is -2.31. The van der Waals surface area contributed by atoms with E-state index in [4.69, 9.17) is 14.3 Å². The van der Waals surface area contributed by atoms with E-state index in [0.29, 0.717) is 50.8 Å². The molecule has 3 heterocycles. The number of fused-ring (bicyclic) bond motifs is 6. The SMILES string of the molecule is COCCN1C(=CC=CC=CC=CC2=[N+](CCOCCC(=O)On3c(O)ccc3O)c3ccc4c(S(=O)(=O)O)cc(S(=O)(=O)O)cc4c3C2(C)C)C(C)(CCCS(=O)(=O)O)c2c1ccc1c(S(=O)(=O)O)cc(S(=O)(=O)O)cc21. The maximum atomic E-state index is 12.7. The largest absolute Gasteiger partial charge is 0.492 e. The number of carbonyl (C=O) groups is 1. The highest BCUT2D eigenvalue weighted by molar-refractivity contribution is 7.87. The van der Waals surface area contributed by atoms with Crippen LogP contribution in [0.3, 0.4) is 0 Å². The molecular weight excluding hydrogens is 1130 g/mol. The summed E-state index contributed by atoms with van der Waals surface area (Å²) in [6.07, 6.45) is 11.2. The lowest BCUT2D eigenvalue weighted by molar-refractivity contribution is -0.442. The Kier molecular flexibility index (Phi) is 16.8. The first-order valence-electron chi connectivity index (χ1n) is 23.3. The molecule has 0 saturated carbocycles. The van der Waals surface area contributed by atoms with Crippen molar-refractivity contribution >= 4 is 95.2 Å². The number of hydrogen-bond acceptors (Lipinski definition) is 17. The van der Waals surface area contributed by atoms with Crippen molar-refractivity contribution in [3.63, 3.8) is 0 Å². The first-order chi connectivity index (χ1) is 36.2. The number of anilines is 1. The Bertz CT molecular complexity index is 3990. The van der Waals surface area contributed by atoms with Gasteiger partial charge in [-0.25, -0.2) is 4.79 Å². The highest BCUT2D eigenvalue weighted by Gasteiger charge is 2.47. The molecule has 5 aromatic rings. The smallest absolute Gasteiger partial charge is 0.335 e. The molecule has 24 nitrogen and oxygen atoms in total. The molecule has 1 atom stereocenters. The van der Waals surface area contributed by atoms with Crippen molar-refractivity contribution in [1.82, 2.24) is 4.73 Å². The number of ether oxygens (including phenoxy) is 2. The van der Waals surface area contributed by atoms with Gasteiger partial charge < -0.3 is 29.4 Å². The standard InChI is InChI=1S/C49H53N3O21S5/c1-48(2)41(50(22-25-72-23-19-45(55)73-52-43(53)17-18-44(52)54)37-15-13-33-35(46(37)48)27-31(75(59,60)61)29-39(33)77(65,66)67)11-8-6-5-7-9-12-42-49(3,20-10-26-74(56,57)58)47-36-28-32(76(62,63)64)30-40(78(68,69)70)34(36)14-16-38(47)51(42)21-24-71-4/h5-9,11-18,27-30H,10,19-26H2,1-4H3,(H6-,53,54,56,57,58,59,60,61,62,63,64,65,66,67,68,69,70)/p+1. The number of nitrogens with zero attached hydrogens (tertiary/aromatic N) is 3. The summed E-state index contributed by atoms with van der Waals surface area (Å²) in [5.74, 6) is -2.56. The Labute approximate surface area is 449 Å². The van der Waals surface area contributed by atoms with Crippen LogP contribution in [0.25, 0.3) is 21.5 Å². The predicted octanol–water partition coefficient (Wildman–Crippen LogP) is 5.28. The van der Waals surface area contributed by atoms with Crippen LogP contribution in [0.5, 0.6) is 11.8 Å². The summed E-state index contributed by atoms with van der Waals surface area (Å²) >= 11 is 0. The zero-order valence-corrected chi connectivity index (χ0v) is 46.0. The Morgan fingerprint density at radius 2 is 1.21 bits per heavy atom. The third kappa shape index (κ3) is 12.4. The van der Waals surface area contributed by atoms with Crippen LogP contribution in [0.2, 0.25) is 0 Å². The topological polar surface area (TPSA) is 368 Å². The van der Waals surface area contributed by atoms with Gasteiger partial charge in [-0.1, -0.05) is 36.4 Å². The summed E-state index contributed by atoms with van der Waals surface area (Å²) in [5.41, 5.74) is 0.346. The van der Waals surface area contributed by atoms with Crippen molar-refractivity contribution in [3.05, 3.63) is 120 Å². The van der Waals surface area contributed by atoms with E-state index >= 15 is 0 Å². The first kappa shape index (κ1) is 59.3.